The summed E-state index contributed by atoms with van der Waals surface area (Å²) in [7, 11) is 1.55. The van der Waals surface area contributed by atoms with Crippen LogP contribution < -0.4 is 9.64 Å². The maximum Gasteiger partial charge on any atom is 0.268 e. The molecule has 2 amide bonds. The summed E-state index contributed by atoms with van der Waals surface area (Å²) in [6.07, 6.45) is 0. The van der Waals surface area contributed by atoms with Crippen LogP contribution >= 0.6 is 11.8 Å². The van der Waals surface area contributed by atoms with Crippen molar-refractivity contribution >= 4 is 29.3 Å². The van der Waals surface area contributed by atoms with Gasteiger partial charge in [0.15, 0.2) is 4.87 Å². The maximum atomic E-state index is 14.5. The largest absolute Gasteiger partial charge is 0.497 e. The molecule has 2 aliphatic rings. The van der Waals surface area contributed by atoms with Gasteiger partial charge in [-0.05, 0) is 49.4 Å². The second kappa shape index (κ2) is 8.43. The van der Waals surface area contributed by atoms with Gasteiger partial charge in [0.25, 0.3) is 11.8 Å². The molecule has 3 aromatic carbocycles. The van der Waals surface area contributed by atoms with Crippen LogP contribution in [0.2, 0.25) is 0 Å². The van der Waals surface area contributed by atoms with Crippen molar-refractivity contribution in [2.75, 3.05) is 24.3 Å². The number of hydrogen-bond donors (Lipinski definition) is 0. The number of halogens is 2. The molecule has 1 saturated heterocycles. The molecule has 0 saturated carbocycles. The van der Waals surface area contributed by atoms with Crippen LogP contribution in [0.15, 0.2) is 60.7 Å². The fourth-order valence-electron chi connectivity index (χ4n) is 4.62. The molecule has 1 spiro atoms. The Bertz CT molecular complexity index is 1280. The molecule has 0 aromatic heterocycles. The third-order valence-electron chi connectivity index (χ3n) is 6.31. The van der Waals surface area contributed by atoms with E-state index >= 15 is 0 Å². The molecular formula is C26H22F2N2O3S. The molecule has 8 heteroatoms. The highest BCUT2D eigenvalue weighted by atomic mass is 32.2. The molecule has 2 aliphatic heterocycles. The maximum absolute atomic E-state index is 14.5. The van der Waals surface area contributed by atoms with Gasteiger partial charge in [-0.2, -0.15) is 0 Å². The lowest BCUT2D eigenvalue weighted by Gasteiger charge is -2.33. The van der Waals surface area contributed by atoms with Crippen LogP contribution in [0.3, 0.4) is 0 Å². The number of thioether (sulfide) groups is 1. The highest BCUT2D eigenvalue weighted by Gasteiger charge is 2.59. The lowest BCUT2D eigenvalue weighted by molar-refractivity contribution is -0.123. The normalized spacial score (nSPS) is 19.1. The smallest absolute Gasteiger partial charge is 0.268 e. The van der Waals surface area contributed by atoms with Crippen molar-refractivity contribution in [1.82, 2.24) is 4.90 Å². The first-order chi connectivity index (χ1) is 16.4. The van der Waals surface area contributed by atoms with Gasteiger partial charge in [0.1, 0.15) is 17.4 Å². The van der Waals surface area contributed by atoms with Crippen LogP contribution in [-0.2, 0) is 16.2 Å². The van der Waals surface area contributed by atoms with E-state index in [0.29, 0.717) is 34.9 Å². The van der Waals surface area contributed by atoms with Crippen molar-refractivity contribution in [1.29, 1.82) is 0 Å². The number of rotatable bonds is 4. The number of carbonyl (C=O) groups excluding carboxylic acids is 2. The van der Waals surface area contributed by atoms with E-state index in [1.54, 1.807) is 42.3 Å². The summed E-state index contributed by atoms with van der Waals surface area (Å²) in [6.45, 7) is 2.02. The SMILES string of the molecule is COc1ccc(C(=O)N2CCS[C@@]23C(=O)N(Cc2c(F)cccc2F)c2ccc(C)cc23)cc1. The Balaban J connectivity index is 1.59. The minimum absolute atomic E-state index is 0.185. The quantitative estimate of drug-likeness (QED) is 0.535. The van der Waals surface area contributed by atoms with E-state index in [-0.39, 0.29) is 23.9 Å². The number of carbonyl (C=O) groups is 2. The molecule has 1 atom stereocenters. The number of benzene rings is 3. The number of hydrogen-bond acceptors (Lipinski definition) is 4. The van der Waals surface area contributed by atoms with Gasteiger partial charge in [0.05, 0.1) is 19.3 Å². The van der Waals surface area contributed by atoms with E-state index in [1.165, 1.54) is 34.9 Å². The minimum atomic E-state index is -1.29. The summed E-state index contributed by atoms with van der Waals surface area (Å²) in [5.74, 6) is -0.908. The van der Waals surface area contributed by atoms with Crippen molar-refractivity contribution < 1.29 is 23.1 Å². The van der Waals surface area contributed by atoms with Crippen molar-refractivity contribution in [3.05, 3.63) is 94.6 Å². The Labute approximate surface area is 200 Å². The van der Waals surface area contributed by atoms with Gasteiger partial charge < -0.3 is 14.5 Å². The van der Waals surface area contributed by atoms with Gasteiger partial charge in [0.2, 0.25) is 0 Å². The number of anilines is 1. The Morgan fingerprint density at radius 2 is 1.79 bits per heavy atom. The topological polar surface area (TPSA) is 49.9 Å². The molecule has 5 nitrogen and oxygen atoms in total. The highest BCUT2D eigenvalue weighted by molar-refractivity contribution is 8.01. The fourth-order valence-corrected chi connectivity index (χ4v) is 6.07. The van der Waals surface area contributed by atoms with Crippen LogP contribution in [-0.4, -0.2) is 36.1 Å². The zero-order chi connectivity index (χ0) is 24.0. The third kappa shape index (κ3) is 3.36. The molecule has 3 aromatic rings. The first-order valence-electron chi connectivity index (χ1n) is 10.8. The molecule has 2 heterocycles. The fraction of sp³-hybridized carbons (Fsp3) is 0.231. The van der Waals surface area contributed by atoms with E-state index < -0.39 is 16.5 Å². The molecule has 0 N–H and O–H groups in total. The van der Waals surface area contributed by atoms with Gasteiger partial charge in [0, 0.05) is 29.0 Å². The lowest BCUT2D eigenvalue weighted by Crippen LogP contribution is -2.50. The Hall–Kier alpha value is -3.39. The number of aryl methyl sites for hydroxylation is 1. The van der Waals surface area contributed by atoms with E-state index in [1.807, 2.05) is 19.1 Å². The standard InChI is InChI=1S/C26H22F2N2O3S/c1-16-6-11-23-20(14-16)26(25(32)29(23)15-19-21(27)4-3-5-22(19)28)30(12-13-34-26)24(31)17-7-9-18(33-2)10-8-17/h3-11,14H,12-13,15H2,1-2H3/t26-/m0/s1. The number of amides is 2. The van der Waals surface area contributed by atoms with Crippen LogP contribution in [0.4, 0.5) is 14.5 Å². The summed E-state index contributed by atoms with van der Waals surface area (Å²) < 4.78 is 34.1. The van der Waals surface area contributed by atoms with E-state index in [2.05, 4.69) is 0 Å². The summed E-state index contributed by atoms with van der Waals surface area (Å²) in [5.41, 5.74) is 2.40. The van der Waals surface area contributed by atoms with Gasteiger partial charge in [-0.25, -0.2) is 8.78 Å². The second-order valence-corrected chi connectivity index (χ2v) is 9.58. The molecule has 0 aliphatic carbocycles. The molecule has 1 fully saturated rings. The molecular weight excluding hydrogens is 458 g/mol. The van der Waals surface area contributed by atoms with Crippen molar-refractivity contribution in [3.63, 3.8) is 0 Å². The number of fused-ring (bicyclic) bond motifs is 2. The second-order valence-electron chi connectivity index (χ2n) is 8.29. The first kappa shape index (κ1) is 22.4. The van der Waals surface area contributed by atoms with Crippen molar-refractivity contribution in [3.8, 4) is 5.75 Å². The zero-order valence-corrected chi connectivity index (χ0v) is 19.5. The predicted molar refractivity (Wildman–Crippen MR) is 127 cm³/mol. The Kier molecular flexibility index (Phi) is 5.56. The van der Waals surface area contributed by atoms with Crippen molar-refractivity contribution in [2.45, 2.75) is 18.3 Å². The average molecular weight is 481 g/mol. The zero-order valence-electron chi connectivity index (χ0n) is 18.7. The van der Waals surface area contributed by atoms with Crippen LogP contribution in [0.5, 0.6) is 5.75 Å². The van der Waals surface area contributed by atoms with Gasteiger partial charge in [-0.1, -0.05) is 23.8 Å². The molecule has 174 valence electrons. The number of methoxy groups -OCH3 is 1. The number of nitrogens with zero attached hydrogens (tertiary/aromatic N) is 2. The lowest BCUT2D eigenvalue weighted by atomic mass is 10.0. The Morgan fingerprint density at radius 1 is 1.09 bits per heavy atom. The molecule has 34 heavy (non-hydrogen) atoms. The minimum Gasteiger partial charge on any atom is -0.497 e. The predicted octanol–water partition coefficient (Wildman–Crippen LogP) is 4.87. The third-order valence-corrected chi connectivity index (χ3v) is 7.73. The summed E-state index contributed by atoms with van der Waals surface area (Å²) >= 11 is 1.37. The highest BCUT2D eigenvalue weighted by Crippen LogP contribution is 2.55. The summed E-state index contributed by atoms with van der Waals surface area (Å²) in [4.78, 5) is 29.3. The van der Waals surface area contributed by atoms with Gasteiger partial charge in [-0.15, -0.1) is 11.8 Å². The molecule has 0 unspecified atom stereocenters. The molecule has 5 rings (SSSR count). The van der Waals surface area contributed by atoms with Gasteiger partial charge >= 0.3 is 0 Å². The summed E-state index contributed by atoms with van der Waals surface area (Å²) in [6, 6.07) is 15.9. The Morgan fingerprint density at radius 3 is 2.47 bits per heavy atom. The first-order valence-corrected chi connectivity index (χ1v) is 11.8. The van der Waals surface area contributed by atoms with Crippen LogP contribution in [0.25, 0.3) is 0 Å². The molecule has 0 bridgehead atoms. The summed E-state index contributed by atoms with van der Waals surface area (Å²) in [5, 5.41) is 0. The van der Waals surface area contributed by atoms with Gasteiger partial charge in [-0.3, -0.25) is 9.59 Å². The van der Waals surface area contributed by atoms with Crippen LogP contribution in [0.1, 0.15) is 27.0 Å². The van der Waals surface area contributed by atoms with Crippen LogP contribution in [0, 0.1) is 18.6 Å². The average Bonchev–Trinajstić information content (AvgIpc) is 3.37. The number of ether oxygens (including phenoxy) is 1. The van der Waals surface area contributed by atoms with E-state index in [4.69, 9.17) is 4.74 Å². The molecule has 0 radical (unpaired) electrons. The van der Waals surface area contributed by atoms with Crippen molar-refractivity contribution in [2.24, 2.45) is 0 Å². The monoisotopic (exact) mass is 480 g/mol. The van der Waals surface area contributed by atoms with E-state index in [0.717, 1.165) is 5.56 Å². The van der Waals surface area contributed by atoms with E-state index in [9.17, 15) is 18.4 Å².